The summed E-state index contributed by atoms with van der Waals surface area (Å²) < 4.78 is 0. The first kappa shape index (κ1) is 18.8. The highest BCUT2D eigenvalue weighted by atomic mass is 14.7. The van der Waals surface area contributed by atoms with Gasteiger partial charge in [-0.1, -0.05) is 49.5 Å². The van der Waals surface area contributed by atoms with Gasteiger partial charge in [0.05, 0.1) is 5.52 Å². The van der Waals surface area contributed by atoms with Crippen molar-refractivity contribution < 1.29 is 0 Å². The molecule has 1 nitrogen and oxygen atoms in total. The number of aromatic nitrogens is 1. The minimum Gasteiger partial charge on any atom is -0.255 e. The molecule has 7 heteroatoms. The Bertz CT molecular complexity index is 1160. The van der Waals surface area contributed by atoms with E-state index in [1.54, 1.807) is 0 Å². The van der Waals surface area contributed by atoms with Crippen LogP contribution in [-0.4, -0.2) is 52.1 Å². The summed E-state index contributed by atoms with van der Waals surface area (Å²) in [6, 6.07) is 0. The summed E-state index contributed by atoms with van der Waals surface area (Å²) in [7, 11) is 13.7. The molecule has 1 aliphatic rings. The molecule has 2 aromatic carbocycles. The molecular weight excluding hydrogens is 319 g/mol. The first-order valence-corrected chi connectivity index (χ1v) is 10.2. The molecule has 0 unspecified atom stereocenters. The number of hydrogen-bond acceptors (Lipinski definition) is 1. The highest BCUT2D eigenvalue weighted by molar-refractivity contribution is 6.70. The second-order valence-corrected chi connectivity index (χ2v) is 10.2. The number of rotatable bonds is 0. The average Bonchev–Trinajstić information content (AvgIpc) is 2.78. The maximum Gasteiger partial charge on any atom is 0.139 e. The first-order chi connectivity index (χ1) is 12.4. The Hall–Kier alpha value is -1.50. The molecule has 4 rings (SSSR count). The van der Waals surface area contributed by atoms with Crippen LogP contribution in [0, 0.1) is 0 Å². The first-order valence-electron chi connectivity index (χ1n) is 10.2. The van der Waals surface area contributed by atoms with Crippen molar-refractivity contribution in [3.8, 4) is 0 Å². The molecule has 0 amide bonds. The molecular formula is C20H27B6N. The Morgan fingerprint density at radius 1 is 0.667 bits per heavy atom. The molecule has 1 aliphatic carbocycles. The lowest BCUT2D eigenvalue weighted by Gasteiger charge is -2.26. The van der Waals surface area contributed by atoms with Crippen LogP contribution in [0.2, 0.25) is 0 Å². The zero-order valence-electron chi connectivity index (χ0n) is 18.7. The predicted molar refractivity (Wildman–Crippen MR) is 139 cm³/mol. The van der Waals surface area contributed by atoms with E-state index in [0.717, 1.165) is 0 Å². The zero-order chi connectivity index (χ0) is 20.0. The van der Waals surface area contributed by atoms with Gasteiger partial charge >= 0.3 is 0 Å². The third-order valence-electron chi connectivity index (χ3n) is 7.61. The van der Waals surface area contributed by atoms with Gasteiger partial charge in [-0.3, -0.25) is 4.98 Å². The molecule has 27 heavy (non-hydrogen) atoms. The van der Waals surface area contributed by atoms with Gasteiger partial charge in [0.1, 0.15) is 47.1 Å². The highest BCUT2D eigenvalue weighted by Gasteiger charge is 2.43. The van der Waals surface area contributed by atoms with E-state index in [0.29, 0.717) is 0 Å². The fourth-order valence-corrected chi connectivity index (χ4v) is 6.02. The van der Waals surface area contributed by atoms with Crippen LogP contribution in [-0.2, 0) is 10.8 Å². The van der Waals surface area contributed by atoms with Crippen LogP contribution in [0.5, 0.6) is 0 Å². The van der Waals surface area contributed by atoms with Crippen LogP contribution in [0.25, 0.3) is 21.7 Å². The molecule has 0 saturated carbocycles. The van der Waals surface area contributed by atoms with Gasteiger partial charge < -0.3 is 0 Å². The van der Waals surface area contributed by atoms with Crippen molar-refractivity contribution in [1.29, 1.82) is 0 Å². The van der Waals surface area contributed by atoms with Crippen molar-refractivity contribution in [2.75, 3.05) is 0 Å². The van der Waals surface area contributed by atoms with Crippen LogP contribution in [0.15, 0.2) is 6.20 Å². The molecule has 0 saturated heterocycles. The molecule has 0 N–H and O–H groups in total. The topological polar surface area (TPSA) is 12.9 Å². The van der Waals surface area contributed by atoms with Gasteiger partial charge in [0.25, 0.3) is 0 Å². The van der Waals surface area contributed by atoms with E-state index < -0.39 is 0 Å². The van der Waals surface area contributed by atoms with Crippen molar-refractivity contribution in [3.63, 3.8) is 0 Å². The molecule has 0 fully saturated rings. The number of hydrogen-bond donors (Lipinski definition) is 0. The highest BCUT2D eigenvalue weighted by Crippen LogP contribution is 2.51. The summed E-state index contributed by atoms with van der Waals surface area (Å²) in [6.07, 6.45) is 3.36. The Balaban J connectivity index is 2.36. The van der Waals surface area contributed by atoms with Gasteiger partial charge in [0, 0.05) is 6.20 Å². The zero-order valence-corrected chi connectivity index (χ0v) is 18.7. The van der Waals surface area contributed by atoms with Crippen molar-refractivity contribution in [1.82, 2.24) is 4.98 Å². The largest absolute Gasteiger partial charge is 0.255 e. The van der Waals surface area contributed by atoms with Crippen molar-refractivity contribution in [3.05, 3.63) is 17.3 Å². The Morgan fingerprint density at radius 2 is 1.15 bits per heavy atom. The van der Waals surface area contributed by atoms with Gasteiger partial charge in [-0.15, -0.1) is 10.9 Å². The molecule has 3 aromatic rings. The average molecular weight is 346 g/mol. The molecule has 0 aliphatic heterocycles. The van der Waals surface area contributed by atoms with Gasteiger partial charge in [-0.05, 0) is 44.5 Å². The van der Waals surface area contributed by atoms with E-state index in [2.05, 4.69) is 81.0 Å². The Morgan fingerprint density at radius 3 is 1.74 bits per heavy atom. The lowest BCUT2D eigenvalue weighted by atomic mass is 9.61. The second kappa shape index (κ2) is 5.52. The minimum absolute atomic E-state index is 0.174. The quantitative estimate of drug-likeness (QED) is 0.293. The number of pyridine rings is 1. The summed E-state index contributed by atoms with van der Waals surface area (Å²) in [5.74, 6) is 0. The second-order valence-electron chi connectivity index (χ2n) is 10.2. The van der Waals surface area contributed by atoms with E-state index in [1.165, 1.54) is 72.0 Å². The Labute approximate surface area is 168 Å². The lowest BCUT2D eigenvalue weighted by Crippen LogP contribution is -2.50. The molecule has 0 spiro atoms. The van der Waals surface area contributed by atoms with Crippen molar-refractivity contribution >= 4 is 102 Å². The minimum atomic E-state index is 0.174. The van der Waals surface area contributed by atoms with Gasteiger partial charge in [0.2, 0.25) is 0 Å². The van der Waals surface area contributed by atoms with Crippen LogP contribution in [0.4, 0.5) is 0 Å². The summed E-state index contributed by atoms with van der Waals surface area (Å²) in [5.41, 5.74) is 13.0. The Kier molecular flexibility index (Phi) is 3.85. The monoisotopic (exact) mass is 347 g/mol. The molecule has 0 bridgehead atoms. The summed E-state index contributed by atoms with van der Waals surface area (Å²) >= 11 is 0. The molecule has 0 radical (unpaired) electrons. The molecule has 0 atom stereocenters. The smallest absolute Gasteiger partial charge is 0.139 e. The molecule has 1 aromatic heterocycles. The van der Waals surface area contributed by atoms with Gasteiger partial charge in [-0.25, -0.2) is 0 Å². The van der Waals surface area contributed by atoms with Gasteiger partial charge in [0.15, 0.2) is 0 Å². The summed E-state index contributed by atoms with van der Waals surface area (Å²) in [6.45, 7) is 9.58. The van der Waals surface area contributed by atoms with Crippen LogP contribution in [0.1, 0.15) is 45.2 Å². The van der Waals surface area contributed by atoms with E-state index in [-0.39, 0.29) is 10.8 Å². The van der Waals surface area contributed by atoms with E-state index in [9.17, 15) is 0 Å². The normalized spacial score (nSPS) is 17.5. The summed E-state index contributed by atoms with van der Waals surface area (Å²) in [5, 5.41) is 4.21. The number of benzene rings is 2. The standard InChI is InChI=1S/C20H27B6N/c1-19(2)6-20(3,4)11-7(19)5-27-18-9-8(12(21)15(24)10(11)18)13(22)16(25)17(26)14(9)23/h5H,6,21-26H2,1-4H3. The predicted octanol–water partition coefficient (Wildman–Crippen LogP) is -5.10. The van der Waals surface area contributed by atoms with E-state index >= 15 is 0 Å². The maximum atomic E-state index is 5.12. The van der Waals surface area contributed by atoms with E-state index in [1.807, 2.05) is 0 Å². The maximum absolute atomic E-state index is 5.12. The molecule has 1 heterocycles. The van der Waals surface area contributed by atoms with Crippen LogP contribution < -0.4 is 32.8 Å². The van der Waals surface area contributed by atoms with Crippen LogP contribution >= 0.6 is 0 Å². The molecule has 130 valence electrons. The van der Waals surface area contributed by atoms with Crippen molar-refractivity contribution in [2.24, 2.45) is 0 Å². The third kappa shape index (κ3) is 2.30. The number of nitrogens with zero attached hydrogens (tertiary/aromatic N) is 1. The van der Waals surface area contributed by atoms with Crippen molar-refractivity contribution in [2.45, 2.75) is 44.9 Å². The third-order valence-corrected chi connectivity index (χ3v) is 7.61. The fourth-order valence-electron chi connectivity index (χ4n) is 6.02. The van der Waals surface area contributed by atoms with E-state index in [4.69, 9.17) is 4.98 Å². The SMILES string of the molecule is Bc1c(B)c(B)c2c(c1B)c(B)c(B)c1c3c(cnc12)C(C)(C)CC3(C)C. The lowest BCUT2D eigenvalue weighted by molar-refractivity contribution is 0.404. The van der Waals surface area contributed by atoms with Crippen LogP contribution in [0.3, 0.4) is 0 Å². The number of fused-ring (bicyclic) bond motifs is 5. The summed E-state index contributed by atoms with van der Waals surface area (Å²) in [4.78, 5) is 5.12. The van der Waals surface area contributed by atoms with Gasteiger partial charge in [-0.2, -0.15) is 0 Å². The fraction of sp³-hybridized carbons (Fsp3) is 0.350.